The van der Waals surface area contributed by atoms with E-state index in [0.717, 1.165) is 0 Å². The molecule has 0 fully saturated rings. The number of carboxylic acid groups (broad SMARTS) is 1. The fourth-order valence-electron chi connectivity index (χ4n) is 1.66. The molecule has 0 radical (unpaired) electrons. The van der Waals surface area contributed by atoms with Gasteiger partial charge in [0.15, 0.2) is 0 Å². The van der Waals surface area contributed by atoms with E-state index in [1.165, 1.54) is 0 Å². The van der Waals surface area contributed by atoms with Crippen molar-refractivity contribution in [2.45, 2.75) is 25.4 Å². The fourth-order valence-corrected chi connectivity index (χ4v) is 1.66. The second-order valence-corrected chi connectivity index (χ2v) is 5.33. The molecule has 1 rings (SSSR count). The molecule has 0 aliphatic carbocycles. The summed E-state index contributed by atoms with van der Waals surface area (Å²) in [6.07, 6.45) is 0. The van der Waals surface area contributed by atoms with Crippen molar-refractivity contribution in [2.75, 3.05) is 20.2 Å². The number of ether oxygens (including phenoxy) is 1. The summed E-state index contributed by atoms with van der Waals surface area (Å²) in [6, 6.07) is 8.40. The summed E-state index contributed by atoms with van der Waals surface area (Å²) < 4.78 is 5.18. The number of hydrogen-bond donors (Lipinski definition) is 3. The highest BCUT2D eigenvalue weighted by Crippen LogP contribution is 2.14. The van der Waals surface area contributed by atoms with Crippen molar-refractivity contribution in [1.82, 2.24) is 10.6 Å². The molecule has 116 valence electrons. The number of urea groups is 1. The molecule has 1 aromatic rings. The number of carbonyl (C=O) groups is 2. The number of carbonyl (C=O) groups excluding carboxylic acids is 1. The molecule has 0 aliphatic rings. The van der Waals surface area contributed by atoms with Gasteiger partial charge in [0, 0.05) is 20.2 Å². The standard InChI is InChI=1S/C15H22N2O4/c1-15(2,21-3)10-17-14(20)16-9-12(13(18)19)11-7-5-4-6-8-11/h4-8,12H,9-10H2,1-3H3,(H,18,19)(H2,16,17,20). The first-order chi connectivity index (χ1) is 9.85. The van der Waals surface area contributed by atoms with Gasteiger partial charge in [-0.2, -0.15) is 0 Å². The number of carboxylic acids is 1. The predicted molar refractivity (Wildman–Crippen MR) is 79.3 cm³/mol. The zero-order chi connectivity index (χ0) is 15.9. The molecule has 6 nitrogen and oxygen atoms in total. The molecule has 21 heavy (non-hydrogen) atoms. The van der Waals surface area contributed by atoms with Crippen LogP contribution in [0.25, 0.3) is 0 Å². The van der Waals surface area contributed by atoms with E-state index in [4.69, 9.17) is 4.74 Å². The Morgan fingerprint density at radius 3 is 2.38 bits per heavy atom. The third-order valence-corrected chi connectivity index (χ3v) is 3.19. The second-order valence-electron chi connectivity index (χ2n) is 5.33. The van der Waals surface area contributed by atoms with Gasteiger partial charge in [-0.25, -0.2) is 4.79 Å². The van der Waals surface area contributed by atoms with Gasteiger partial charge in [-0.05, 0) is 19.4 Å². The number of nitrogens with one attached hydrogen (secondary N) is 2. The number of amides is 2. The van der Waals surface area contributed by atoms with E-state index in [-0.39, 0.29) is 6.54 Å². The lowest BCUT2D eigenvalue weighted by atomic mass is 9.99. The van der Waals surface area contributed by atoms with Crippen molar-refractivity contribution in [3.63, 3.8) is 0 Å². The molecule has 0 spiro atoms. The fraction of sp³-hybridized carbons (Fsp3) is 0.467. The Labute approximate surface area is 124 Å². The van der Waals surface area contributed by atoms with E-state index in [9.17, 15) is 14.7 Å². The highest BCUT2D eigenvalue weighted by atomic mass is 16.5. The quantitative estimate of drug-likeness (QED) is 0.712. The van der Waals surface area contributed by atoms with Crippen LogP contribution in [-0.4, -0.2) is 42.9 Å². The third kappa shape index (κ3) is 5.83. The minimum absolute atomic E-state index is 0.0264. The van der Waals surface area contributed by atoms with Gasteiger partial charge in [-0.1, -0.05) is 30.3 Å². The minimum atomic E-state index is -0.973. The molecule has 1 atom stereocenters. The van der Waals surface area contributed by atoms with Crippen LogP contribution in [0.1, 0.15) is 25.3 Å². The Morgan fingerprint density at radius 2 is 1.86 bits per heavy atom. The zero-order valence-corrected chi connectivity index (χ0v) is 12.6. The van der Waals surface area contributed by atoms with Crippen LogP contribution in [-0.2, 0) is 9.53 Å². The van der Waals surface area contributed by atoms with Gasteiger partial charge < -0.3 is 20.5 Å². The van der Waals surface area contributed by atoms with Crippen LogP contribution in [0.15, 0.2) is 30.3 Å². The molecule has 1 aromatic carbocycles. The van der Waals surface area contributed by atoms with Crippen molar-refractivity contribution >= 4 is 12.0 Å². The number of hydrogen-bond acceptors (Lipinski definition) is 3. The lowest BCUT2D eigenvalue weighted by Gasteiger charge is -2.23. The molecule has 0 heterocycles. The molecule has 3 N–H and O–H groups in total. The van der Waals surface area contributed by atoms with E-state index in [2.05, 4.69) is 10.6 Å². The molecule has 0 aromatic heterocycles. The molecule has 0 bridgehead atoms. The van der Waals surface area contributed by atoms with E-state index in [0.29, 0.717) is 12.1 Å². The van der Waals surface area contributed by atoms with Crippen LogP contribution in [0, 0.1) is 0 Å². The first kappa shape index (κ1) is 17.0. The monoisotopic (exact) mass is 294 g/mol. The van der Waals surface area contributed by atoms with Gasteiger partial charge in [0.1, 0.15) is 0 Å². The van der Waals surface area contributed by atoms with E-state index < -0.39 is 23.5 Å². The summed E-state index contributed by atoms with van der Waals surface area (Å²) >= 11 is 0. The van der Waals surface area contributed by atoms with Crippen molar-refractivity contribution in [2.24, 2.45) is 0 Å². The summed E-state index contributed by atoms with van der Waals surface area (Å²) in [5.41, 5.74) is 0.186. The smallest absolute Gasteiger partial charge is 0.314 e. The van der Waals surface area contributed by atoms with Crippen molar-refractivity contribution in [3.8, 4) is 0 Å². The molecule has 0 saturated carbocycles. The maximum absolute atomic E-state index is 11.7. The average molecular weight is 294 g/mol. The molecule has 1 unspecified atom stereocenters. The normalized spacial score (nSPS) is 12.5. The van der Waals surface area contributed by atoms with Gasteiger partial charge in [0.25, 0.3) is 0 Å². The molecular formula is C15H22N2O4. The molecular weight excluding hydrogens is 272 g/mol. The summed E-state index contributed by atoms with van der Waals surface area (Å²) in [5.74, 6) is -1.74. The lowest BCUT2D eigenvalue weighted by molar-refractivity contribution is -0.138. The maximum Gasteiger partial charge on any atom is 0.314 e. The second kappa shape index (κ2) is 7.64. The van der Waals surface area contributed by atoms with E-state index in [1.807, 2.05) is 19.9 Å². The predicted octanol–water partition coefficient (Wildman–Crippen LogP) is 1.58. The number of methoxy groups -OCH3 is 1. The van der Waals surface area contributed by atoms with Crippen LogP contribution in [0.5, 0.6) is 0 Å². The highest BCUT2D eigenvalue weighted by Gasteiger charge is 2.21. The lowest BCUT2D eigenvalue weighted by Crippen LogP contribution is -2.45. The number of aliphatic carboxylic acids is 1. The van der Waals surface area contributed by atoms with Crippen molar-refractivity contribution in [3.05, 3.63) is 35.9 Å². The first-order valence-electron chi connectivity index (χ1n) is 6.70. The molecule has 2 amide bonds. The molecule has 0 saturated heterocycles. The van der Waals surface area contributed by atoms with Crippen LogP contribution in [0.3, 0.4) is 0 Å². The van der Waals surface area contributed by atoms with Crippen molar-refractivity contribution in [1.29, 1.82) is 0 Å². The Kier molecular flexibility index (Phi) is 6.17. The third-order valence-electron chi connectivity index (χ3n) is 3.19. The largest absolute Gasteiger partial charge is 0.481 e. The topological polar surface area (TPSA) is 87.7 Å². The first-order valence-corrected chi connectivity index (χ1v) is 6.70. The van der Waals surface area contributed by atoms with Crippen LogP contribution in [0.2, 0.25) is 0 Å². The van der Waals surface area contributed by atoms with Crippen LogP contribution in [0.4, 0.5) is 4.79 Å². The van der Waals surface area contributed by atoms with E-state index in [1.54, 1.807) is 31.4 Å². The summed E-state index contributed by atoms with van der Waals surface area (Å²) in [4.78, 5) is 23.0. The Morgan fingerprint density at radius 1 is 1.24 bits per heavy atom. The maximum atomic E-state index is 11.7. The van der Waals surface area contributed by atoms with E-state index >= 15 is 0 Å². The van der Waals surface area contributed by atoms with Gasteiger partial charge in [-0.15, -0.1) is 0 Å². The Hall–Kier alpha value is -2.08. The van der Waals surface area contributed by atoms with Gasteiger partial charge in [0.2, 0.25) is 0 Å². The SMILES string of the molecule is COC(C)(C)CNC(=O)NCC(C(=O)O)c1ccccc1. The number of rotatable bonds is 7. The van der Waals surface area contributed by atoms with Crippen molar-refractivity contribution < 1.29 is 19.4 Å². The minimum Gasteiger partial charge on any atom is -0.481 e. The zero-order valence-electron chi connectivity index (χ0n) is 12.6. The van der Waals surface area contributed by atoms with Crippen LogP contribution < -0.4 is 10.6 Å². The summed E-state index contributed by atoms with van der Waals surface area (Å²) in [7, 11) is 1.56. The summed E-state index contributed by atoms with van der Waals surface area (Å²) in [6.45, 7) is 4.05. The van der Waals surface area contributed by atoms with Gasteiger partial charge >= 0.3 is 12.0 Å². The molecule has 0 aliphatic heterocycles. The summed E-state index contributed by atoms with van der Waals surface area (Å²) in [5, 5.41) is 14.5. The average Bonchev–Trinajstić information content (AvgIpc) is 2.46. The van der Waals surface area contributed by atoms with Crippen LogP contribution >= 0.6 is 0 Å². The molecule has 6 heteroatoms. The highest BCUT2D eigenvalue weighted by molar-refractivity contribution is 5.79. The Bertz CT molecular complexity index is 474. The number of benzene rings is 1. The van der Waals surface area contributed by atoms with Gasteiger partial charge in [0.05, 0.1) is 11.5 Å². The Balaban J connectivity index is 2.51. The van der Waals surface area contributed by atoms with Gasteiger partial charge in [-0.3, -0.25) is 4.79 Å².